The van der Waals surface area contributed by atoms with Gasteiger partial charge in [0, 0.05) is 39.4 Å². The van der Waals surface area contributed by atoms with Crippen molar-refractivity contribution >= 4 is 10.0 Å². The first-order valence-electron chi connectivity index (χ1n) is 10.5. The summed E-state index contributed by atoms with van der Waals surface area (Å²) in [5.41, 5.74) is 0.114. The van der Waals surface area contributed by atoms with Gasteiger partial charge in [-0.2, -0.15) is 4.31 Å². The molecule has 1 aromatic rings. The molecule has 0 aliphatic carbocycles. The van der Waals surface area contributed by atoms with Crippen molar-refractivity contribution < 1.29 is 17.9 Å². The normalized spacial score (nSPS) is 28.0. The number of sulfonamides is 1. The van der Waals surface area contributed by atoms with Crippen LogP contribution in [0.2, 0.25) is 0 Å². The molecule has 7 heteroatoms. The van der Waals surface area contributed by atoms with E-state index in [1.54, 1.807) is 35.7 Å². The lowest BCUT2D eigenvalue weighted by molar-refractivity contribution is 0.0327. The number of likely N-dealkylation sites (tertiary alicyclic amines) is 1. The fourth-order valence-electron chi connectivity index (χ4n) is 5.09. The molecule has 0 bridgehead atoms. The van der Waals surface area contributed by atoms with Gasteiger partial charge in [-0.15, -0.1) is 0 Å². The number of piperidine rings is 1. The third-order valence-electron chi connectivity index (χ3n) is 6.70. The highest BCUT2D eigenvalue weighted by molar-refractivity contribution is 7.89. The van der Waals surface area contributed by atoms with Crippen LogP contribution in [0, 0.1) is 11.3 Å². The van der Waals surface area contributed by atoms with Gasteiger partial charge in [0.05, 0.1) is 12.0 Å². The average molecular weight is 409 g/mol. The Morgan fingerprint density at radius 2 is 1.86 bits per heavy atom. The van der Waals surface area contributed by atoms with Gasteiger partial charge in [-0.25, -0.2) is 8.42 Å². The molecular formula is C21H32N2O4S. The molecule has 156 valence electrons. The van der Waals surface area contributed by atoms with Crippen LogP contribution in [0.4, 0.5) is 0 Å². The van der Waals surface area contributed by atoms with Crippen LogP contribution >= 0.6 is 0 Å². The van der Waals surface area contributed by atoms with Crippen molar-refractivity contribution in [3.8, 4) is 5.75 Å². The van der Waals surface area contributed by atoms with E-state index in [0.29, 0.717) is 23.7 Å². The molecule has 0 aromatic heterocycles. The highest BCUT2D eigenvalue weighted by Crippen LogP contribution is 2.41. The number of methoxy groups -OCH3 is 1. The van der Waals surface area contributed by atoms with E-state index in [4.69, 9.17) is 9.47 Å². The molecule has 3 fully saturated rings. The molecule has 0 saturated carbocycles. The van der Waals surface area contributed by atoms with E-state index < -0.39 is 10.0 Å². The number of ether oxygens (including phenoxy) is 2. The number of hydrogen-bond acceptors (Lipinski definition) is 5. The Hall–Kier alpha value is -1.15. The van der Waals surface area contributed by atoms with Crippen molar-refractivity contribution in [1.82, 2.24) is 9.21 Å². The number of hydrogen-bond donors (Lipinski definition) is 0. The molecule has 0 unspecified atom stereocenters. The lowest BCUT2D eigenvalue weighted by Crippen LogP contribution is -2.47. The first-order chi connectivity index (χ1) is 13.5. The molecule has 3 heterocycles. The maximum atomic E-state index is 13.1. The Bertz CT molecular complexity index is 761. The lowest BCUT2D eigenvalue weighted by atomic mass is 9.79. The van der Waals surface area contributed by atoms with Gasteiger partial charge >= 0.3 is 0 Å². The van der Waals surface area contributed by atoms with E-state index in [1.807, 2.05) is 0 Å². The number of rotatable bonds is 5. The van der Waals surface area contributed by atoms with Crippen molar-refractivity contribution in [2.75, 3.05) is 53.0 Å². The smallest absolute Gasteiger partial charge is 0.243 e. The van der Waals surface area contributed by atoms with Gasteiger partial charge in [-0.3, -0.25) is 0 Å². The summed E-state index contributed by atoms with van der Waals surface area (Å²) in [5, 5.41) is 0. The van der Waals surface area contributed by atoms with Crippen LogP contribution in [-0.2, 0) is 14.8 Å². The Labute approximate surface area is 168 Å². The SMILES string of the molecule is COc1ccc(S(=O)(=O)N2CC[C@@]3(CCCN(CC4CCOCC4)C3)C2)cc1. The monoisotopic (exact) mass is 408 g/mol. The maximum absolute atomic E-state index is 13.1. The summed E-state index contributed by atoms with van der Waals surface area (Å²) in [7, 11) is -1.85. The fourth-order valence-corrected chi connectivity index (χ4v) is 6.64. The van der Waals surface area contributed by atoms with Crippen molar-refractivity contribution in [2.45, 2.75) is 37.0 Å². The molecule has 3 aliphatic heterocycles. The molecule has 0 radical (unpaired) electrons. The molecule has 1 atom stereocenters. The van der Waals surface area contributed by atoms with Crippen LogP contribution in [0.15, 0.2) is 29.2 Å². The van der Waals surface area contributed by atoms with E-state index in [0.717, 1.165) is 64.4 Å². The van der Waals surface area contributed by atoms with E-state index in [-0.39, 0.29) is 5.41 Å². The Morgan fingerprint density at radius 3 is 2.57 bits per heavy atom. The minimum Gasteiger partial charge on any atom is -0.497 e. The summed E-state index contributed by atoms with van der Waals surface area (Å²) in [6, 6.07) is 6.73. The Balaban J connectivity index is 1.41. The zero-order chi connectivity index (χ0) is 19.6. The van der Waals surface area contributed by atoms with Crippen LogP contribution in [0.25, 0.3) is 0 Å². The predicted molar refractivity (Wildman–Crippen MR) is 108 cm³/mol. The minimum absolute atomic E-state index is 0.114. The third-order valence-corrected chi connectivity index (χ3v) is 8.56. The number of nitrogens with zero attached hydrogens (tertiary/aromatic N) is 2. The standard InChI is InChI=1S/C21H32N2O4S/c1-26-19-3-5-20(6-4-19)28(24,25)23-12-10-21(17-23)9-2-11-22(16-21)15-18-7-13-27-14-8-18/h3-6,18H,2,7-17H2,1H3/t21-/m1/s1. The average Bonchev–Trinajstić information content (AvgIpc) is 3.13. The quantitative estimate of drug-likeness (QED) is 0.750. The molecule has 0 N–H and O–H groups in total. The van der Waals surface area contributed by atoms with Crippen molar-refractivity contribution in [2.24, 2.45) is 11.3 Å². The fraction of sp³-hybridized carbons (Fsp3) is 0.714. The van der Waals surface area contributed by atoms with Gasteiger partial charge in [-0.05, 0) is 74.2 Å². The minimum atomic E-state index is -3.44. The second-order valence-corrected chi connectivity index (χ2v) is 10.6. The second-order valence-electron chi connectivity index (χ2n) is 8.66. The number of benzene rings is 1. The van der Waals surface area contributed by atoms with Crippen LogP contribution in [0.5, 0.6) is 5.75 Å². The van der Waals surface area contributed by atoms with Crippen molar-refractivity contribution in [3.05, 3.63) is 24.3 Å². The molecule has 28 heavy (non-hydrogen) atoms. The molecule has 0 amide bonds. The van der Waals surface area contributed by atoms with Gasteiger partial charge in [0.1, 0.15) is 5.75 Å². The largest absolute Gasteiger partial charge is 0.497 e. The summed E-state index contributed by atoms with van der Waals surface area (Å²) in [6.45, 7) is 6.35. The van der Waals surface area contributed by atoms with E-state index in [9.17, 15) is 8.42 Å². The topological polar surface area (TPSA) is 59.1 Å². The van der Waals surface area contributed by atoms with Gasteiger partial charge in [-0.1, -0.05) is 0 Å². The third kappa shape index (κ3) is 4.22. The van der Waals surface area contributed by atoms with Gasteiger partial charge in [0.2, 0.25) is 10.0 Å². The van der Waals surface area contributed by atoms with Crippen LogP contribution in [0.1, 0.15) is 32.1 Å². The molecule has 6 nitrogen and oxygen atoms in total. The van der Waals surface area contributed by atoms with Gasteiger partial charge in [0.25, 0.3) is 0 Å². The Kier molecular flexibility index (Phi) is 5.97. The summed E-state index contributed by atoms with van der Waals surface area (Å²) in [4.78, 5) is 2.95. The van der Waals surface area contributed by atoms with E-state index in [2.05, 4.69) is 4.90 Å². The van der Waals surface area contributed by atoms with Crippen molar-refractivity contribution in [3.63, 3.8) is 0 Å². The highest BCUT2D eigenvalue weighted by atomic mass is 32.2. The van der Waals surface area contributed by atoms with Crippen molar-refractivity contribution in [1.29, 1.82) is 0 Å². The van der Waals surface area contributed by atoms with Gasteiger partial charge < -0.3 is 14.4 Å². The second kappa shape index (κ2) is 8.30. The molecular weight excluding hydrogens is 376 g/mol. The van der Waals surface area contributed by atoms with Crippen LogP contribution in [0.3, 0.4) is 0 Å². The van der Waals surface area contributed by atoms with E-state index >= 15 is 0 Å². The maximum Gasteiger partial charge on any atom is 0.243 e. The predicted octanol–water partition coefficient (Wildman–Crippen LogP) is 2.60. The van der Waals surface area contributed by atoms with Gasteiger partial charge in [0.15, 0.2) is 0 Å². The first-order valence-corrected chi connectivity index (χ1v) is 11.9. The molecule has 3 aliphatic rings. The summed E-state index contributed by atoms with van der Waals surface area (Å²) in [6.07, 6.45) is 5.57. The zero-order valence-corrected chi connectivity index (χ0v) is 17.6. The highest BCUT2D eigenvalue weighted by Gasteiger charge is 2.45. The summed E-state index contributed by atoms with van der Waals surface area (Å²) in [5.74, 6) is 1.40. The molecule has 4 rings (SSSR count). The van der Waals surface area contributed by atoms with Crippen LogP contribution in [-0.4, -0.2) is 70.7 Å². The Morgan fingerprint density at radius 1 is 1.11 bits per heavy atom. The summed E-state index contributed by atoms with van der Waals surface area (Å²) >= 11 is 0. The molecule has 1 spiro atoms. The molecule has 1 aromatic carbocycles. The zero-order valence-electron chi connectivity index (χ0n) is 16.8. The first kappa shape index (κ1) is 20.1. The summed E-state index contributed by atoms with van der Waals surface area (Å²) < 4.78 is 38.6. The molecule has 3 saturated heterocycles. The van der Waals surface area contributed by atoms with Crippen LogP contribution < -0.4 is 4.74 Å². The van der Waals surface area contributed by atoms with E-state index in [1.165, 1.54) is 6.42 Å². The lowest BCUT2D eigenvalue weighted by Gasteiger charge is -2.42.